The second-order valence-electron chi connectivity index (χ2n) is 9.49. The van der Waals surface area contributed by atoms with Gasteiger partial charge in [-0.3, -0.25) is 9.59 Å². The molecule has 6 heteroatoms. The molecule has 186 valence electrons. The van der Waals surface area contributed by atoms with E-state index in [1.165, 1.54) is 5.56 Å². The first kappa shape index (κ1) is 24.1. The maximum Gasteiger partial charge on any atom is 0.263 e. The molecule has 0 spiro atoms. The Balaban J connectivity index is 1.47. The molecular weight excluding hydrogens is 452 g/mol. The number of benzene rings is 3. The average Bonchev–Trinajstić information content (AvgIpc) is 2.92. The third kappa shape index (κ3) is 5.00. The van der Waals surface area contributed by atoms with Gasteiger partial charge in [-0.2, -0.15) is 0 Å². The molecule has 2 heterocycles. The van der Waals surface area contributed by atoms with Crippen LogP contribution in [0.4, 0.5) is 0 Å². The predicted octanol–water partition coefficient (Wildman–Crippen LogP) is 4.41. The molecule has 0 aromatic heterocycles. The van der Waals surface area contributed by atoms with Gasteiger partial charge in [-0.1, -0.05) is 54.1 Å². The molecule has 1 saturated heterocycles. The largest absolute Gasteiger partial charge is 0.481 e. The lowest BCUT2D eigenvalue weighted by molar-refractivity contribution is -0.142. The van der Waals surface area contributed by atoms with Crippen molar-refractivity contribution >= 4 is 11.8 Å². The summed E-state index contributed by atoms with van der Waals surface area (Å²) in [5.74, 6) is 0.608. The number of hydrogen-bond acceptors (Lipinski definition) is 4. The van der Waals surface area contributed by atoms with Gasteiger partial charge in [0, 0.05) is 25.2 Å². The summed E-state index contributed by atoms with van der Waals surface area (Å²) in [5, 5.41) is 0. The van der Waals surface area contributed by atoms with E-state index in [0.717, 1.165) is 23.1 Å². The van der Waals surface area contributed by atoms with Crippen LogP contribution in [0.5, 0.6) is 5.75 Å². The van der Waals surface area contributed by atoms with Crippen molar-refractivity contribution in [3.8, 4) is 5.75 Å². The standard InChI is InChI=1S/C30H32N2O4/c1-21-7-6-10-25(19-21)28-27-20-26(36-22(2)29(33)31-15-17-35-18-16-31)12-11-23(27)13-14-32(28)30(34)24-8-4-3-5-9-24/h3-12,19-20,22,28H,13-18H2,1-2H3/t22-,28-/m1/s1. The highest BCUT2D eigenvalue weighted by molar-refractivity contribution is 5.95. The first-order valence-electron chi connectivity index (χ1n) is 12.6. The van der Waals surface area contributed by atoms with Crippen LogP contribution in [0, 0.1) is 6.92 Å². The van der Waals surface area contributed by atoms with E-state index in [0.29, 0.717) is 44.2 Å². The van der Waals surface area contributed by atoms with E-state index in [9.17, 15) is 9.59 Å². The third-order valence-electron chi connectivity index (χ3n) is 6.97. The molecule has 3 aromatic rings. The van der Waals surface area contributed by atoms with E-state index in [1.54, 1.807) is 11.8 Å². The fourth-order valence-corrected chi connectivity index (χ4v) is 5.13. The Kier molecular flexibility index (Phi) is 7.05. The third-order valence-corrected chi connectivity index (χ3v) is 6.97. The Hall–Kier alpha value is -3.64. The molecule has 0 radical (unpaired) electrons. The van der Waals surface area contributed by atoms with Crippen LogP contribution in [0.15, 0.2) is 72.8 Å². The Morgan fingerprint density at radius 2 is 1.72 bits per heavy atom. The van der Waals surface area contributed by atoms with Crippen LogP contribution in [0.2, 0.25) is 0 Å². The number of ether oxygens (including phenoxy) is 2. The van der Waals surface area contributed by atoms with Gasteiger partial charge >= 0.3 is 0 Å². The second-order valence-corrected chi connectivity index (χ2v) is 9.49. The maximum absolute atomic E-state index is 13.6. The van der Waals surface area contributed by atoms with E-state index < -0.39 is 6.10 Å². The van der Waals surface area contributed by atoms with Crippen molar-refractivity contribution in [2.45, 2.75) is 32.4 Å². The molecule has 0 N–H and O–H groups in total. The lowest BCUT2D eigenvalue weighted by atomic mass is 9.87. The lowest BCUT2D eigenvalue weighted by Gasteiger charge is -2.38. The highest BCUT2D eigenvalue weighted by Crippen LogP contribution is 2.38. The quantitative estimate of drug-likeness (QED) is 0.538. The Bertz CT molecular complexity index is 1240. The molecule has 0 unspecified atom stereocenters. The van der Waals surface area contributed by atoms with E-state index >= 15 is 0 Å². The first-order valence-corrected chi connectivity index (χ1v) is 12.6. The molecule has 0 saturated carbocycles. The number of carbonyl (C=O) groups is 2. The number of nitrogens with zero attached hydrogens (tertiary/aromatic N) is 2. The minimum absolute atomic E-state index is 0.00920. The summed E-state index contributed by atoms with van der Waals surface area (Å²) in [4.78, 5) is 30.3. The van der Waals surface area contributed by atoms with Crippen LogP contribution in [0.3, 0.4) is 0 Å². The summed E-state index contributed by atoms with van der Waals surface area (Å²) in [6, 6.07) is 23.5. The average molecular weight is 485 g/mol. The van der Waals surface area contributed by atoms with Crippen LogP contribution in [0.1, 0.15) is 45.6 Å². The molecular formula is C30H32N2O4. The molecule has 2 atom stereocenters. The summed E-state index contributed by atoms with van der Waals surface area (Å²) in [7, 11) is 0. The Labute approximate surface area is 212 Å². The van der Waals surface area contributed by atoms with E-state index in [2.05, 4.69) is 31.2 Å². The van der Waals surface area contributed by atoms with Crippen molar-refractivity contribution in [1.82, 2.24) is 9.80 Å². The minimum atomic E-state index is -0.607. The number of amides is 2. The van der Waals surface area contributed by atoms with Gasteiger partial charge in [0.1, 0.15) is 5.75 Å². The Morgan fingerprint density at radius 3 is 2.47 bits per heavy atom. The first-order chi connectivity index (χ1) is 17.5. The summed E-state index contributed by atoms with van der Waals surface area (Å²) >= 11 is 0. The van der Waals surface area contributed by atoms with Crippen molar-refractivity contribution in [1.29, 1.82) is 0 Å². The molecule has 36 heavy (non-hydrogen) atoms. The summed E-state index contributed by atoms with van der Waals surface area (Å²) < 4.78 is 11.5. The maximum atomic E-state index is 13.6. The topological polar surface area (TPSA) is 59.1 Å². The molecule has 2 amide bonds. The molecule has 2 aliphatic rings. The van der Waals surface area contributed by atoms with Crippen LogP contribution in [0.25, 0.3) is 0 Å². The molecule has 5 rings (SSSR count). The van der Waals surface area contributed by atoms with Crippen molar-refractivity contribution in [2.24, 2.45) is 0 Å². The molecule has 3 aromatic carbocycles. The SMILES string of the molecule is Cc1cccc([C@@H]2c3cc(O[C@H](C)C(=O)N4CCOCC4)ccc3CCN2C(=O)c2ccccc2)c1. The van der Waals surface area contributed by atoms with Crippen LogP contribution in [-0.4, -0.2) is 60.6 Å². The zero-order valence-electron chi connectivity index (χ0n) is 20.9. The number of aryl methyl sites for hydroxylation is 1. The van der Waals surface area contributed by atoms with Crippen molar-refractivity contribution < 1.29 is 19.1 Å². The smallest absolute Gasteiger partial charge is 0.263 e. The molecule has 0 bridgehead atoms. The highest BCUT2D eigenvalue weighted by atomic mass is 16.5. The van der Waals surface area contributed by atoms with Gasteiger partial charge in [0.2, 0.25) is 0 Å². The Morgan fingerprint density at radius 1 is 0.944 bits per heavy atom. The monoisotopic (exact) mass is 484 g/mol. The van der Waals surface area contributed by atoms with Crippen molar-refractivity contribution in [3.05, 3.63) is 101 Å². The van der Waals surface area contributed by atoms with E-state index in [1.807, 2.05) is 53.4 Å². The number of fused-ring (bicyclic) bond motifs is 1. The molecule has 1 fully saturated rings. The zero-order chi connectivity index (χ0) is 25.1. The van der Waals surface area contributed by atoms with Gasteiger partial charge < -0.3 is 19.3 Å². The summed E-state index contributed by atoms with van der Waals surface area (Å²) in [6.07, 6.45) is 0.155. The summed E-state index contributed by atoms with van der Waals surface area (Å²) in [5.41, 5.74) is 5.12. The van der Waals surface area contributed by atoms with Crippen molar-refractivity contribution in [3.63, 3.8) is 0 Å². The molecule has 6 nitrogen and oxygen atoms in total. The van der Waals surface area contributed by atoms with Gasteiger partial charge in [-0.15, -0.1) is 0 Å². The van der Waals surface area contributed by atoms with Gasteiger partial charge in [-0.05, 0) is 61.2 Å². The minimum Gasteiger partial charge on any atom is -0.481 e. The molecule has 2 aliphatic heterocycles. The van der Waals surface area contributed by atoms with Gasteiger partial charge in [-0.25, -0.2) is 0 Å². The fourth-order valence-electron chi connectivity index (χ4n) is 5.13. The number of rotatable bonds is 5. The normalized spacial score (nSPS) is 18.3. The zero-order valence-corrected chi connectivity index (χ0v) is 20.9. The van der Waals surface area contributed by atoms with E-state index in [-0.39, 0.29) is 17.9 Å². The molecule has 0 aliphatic carbocycles. The summed E-state index contributed by atoms with van der Waals surface area (Å²) in [6.45, 7) is 6.77. The van der Waals surface area contributed by atoms with Crippen molar-refractivity contribution in [2.75, 3.05) is 32.8 Å². The second kappa shape index (κ2) is 10.5. The predicted molar refractivity (Wildman–Crippen MR) is 138 cm³/mol. The highest BCUT2D eigenvalue weighted by Gasteiger charge is 2.33. The van der Waals surface area contributed by atoms with Crippen LogP contribution >= 0.6 is 0 Å². The van der Waals surface area contributed by atoms with Crippen LogP contribution in [-0.2, 0) is 16.0 Å². The van der Waals surface area contributed by atoms with Gasteiger partial charge in [0.05, 0.1) is 19.3 Å². The fraction of sp³-hybridized carbons (Fsp3) is 0.333. The van der Waals surface area contributed by atoms with Gasteiger partial charge in [0.15, 0.2) is 6.10 Å². The number of morpholine rings is 1. The number of hydrogen-bond donors (Lipinski definition) is 0. The number of carbonyl (C=O) groups excluding carboxylic acids is 2. The van der Waals surface area contributed by atoms with E-state index in [4.69, 9.17) is 9.47 Å². The lowest BCUT2D eigenvalue weighted by Crippen LogP contribution is -2.46. The van der Waals surface area contributed by atoms with Gasteiger partial charge in [0.25, 0.3) is 11.8 Å². The van der Waals surface area contributed by atoms with Crippen LogP contribution < -0.4 is 4.74 Å².